The number of hydrogen-bond donors (Lipinski definition) is 2. The molecule has 0 unspecified atom stereocenters. The minimum Gasteiger partial charge on any atom is -0.361 e. The van der Waals surface area contributed by atoms with Crippen LogP contribution in [0.1, 0.15) is 70.8 Å². The van der Waals surface area contributed by atoms with Crippen LogP contribution in [-0.2, 0) is 5.41 Å². The molecule has 3 aliphatic rings. The zero-order valence-electron chi connectivity index (χ0n) is 22.3. The minimum atomic E-state index is -0.193. The van der Waals surface area contributed by atoms with Crippen LogP contribution in [0.3, 0.4) is 0 Å². The highest BCUT2D eigenvalue weighted by Gasteiger charge is 2.35. The van der Waals surface area contributed by atoms with Crippen molar-refractivity contribution in [2.45, 2.75) is 70.6 Å². The molecule has 0 bridgehead atoms. The smallest absolute Gasteiger partial charge is 0.232 e. The second-order valence-electron chi connectivity index (χ2n) is 11.6. The Morgan fingerprint density at radius 3 is 2.22 bits per heavy atom. The summed E-state index contributed by atoms with van der Waals surface area (Å²) in [6, 6.07) is 9.15. The van der Waals surface area contributed by atoms with Crippen LogP contribution in [0.15, 0.2) is 30.3 Å². The molecule has 0 radical (unpaired) electrons. The number of thiocarbonyl (C=S) groups is 1. The summed E-state index contributed by atoms with van der Waals surface area (Å²) in [6.45, 7) is 9.47. The average molecular weight is 525 g/mol. The molecule has 3 fully saturated rings. The Morgan fingerprint density at radius 1 is 0.946 bits per heavy atom. The van der Waals surface area contributed by atoms with E-state index in [9.17, 15) is 4.39 Å². The Morgan fingerprint density at radius 2 is 1.57 bits per heavy atom. The van der Waals surface area contributed by atoms with Crippen molar-refractivity contribution >= 4 is 34.9 Å². The molecule has 2 aliphatic heterocycles. The molecule has 2 atom stereocenters. The highest BCUT2D eigenvalue weighted by molar-refractivity contribution is 7.80. The molecule has 0 amide bonds. The van der Waals surface area contributed by atoms with Gasteiger partial charge in [0.2, 0.25) is 5.95 Å². The first-order valence-corrected chi connectivity index (χ1v) is 14.5. The van der Waals surface area contributed by atoms with Gasteiger partial charge in [0.25, 0.3) is 0 Å². The SMILES string of the molecule is C[C@@H]1C[C@@H](C)CN(c2cc(N3CCCCC3)nc(NC(=S)NCC3(c4ccc(F)cc4)CCCC3)n2)C1. The van der Waals surface area contributed by atoms with Crippen LogP contribution >= 0.6 is 12.2 Å². The number of benzene rings is 1. The van der Waals surface area contributed by atoms with Crippen molar-refractivity contribution in [2.24, 2.45) is 11.8 Å². The molecule has 3 heterocycles. The molecule has 2 saturated heterocycles. The summed E-state index contributed by atoms with van der Waals surface area (Å²) in [5.41, 5.74) is 1.15. The third kappa shape index (κ3) is 6.33. The van der Waals surface area contributed by atoms with Crippen molar-refractivity contribution in [2.75, 3.05) is 47.8 Å². The van der Waals surface area contributed by atoms with Crippen molar-refractivity contribution in [3.05, 3.63) is 41.7 Å². The quantitative estimate of drug-likeness (QED) is 0.457. The van der Waals surface area contributed by atoms with Gasteiger partial charge in [0.1, 0.15) is 17.5 Å². The third-order valence-corrected chi connectivity index (χ3v) is 8.65. The molecular formula is C29H41FN6S. The molecule has 0 spiro atoms. The van der Waals surface area contributed by atoms with Gasteiger partial charge in [-0.2, -0.15) is 9.97 Å². The van der Waals surface area contributed by atoms with Gasteiger partial charge in [0.15, 0.2) is 5.11 Å². The Balaban J connectivity index is 1.32. The van der Waals surface area contributed by atoms with Crippen molar-refractivity contribution in [1.29, 1.82) is 0 Å². The van der Waals surface area contributed by atoms with E-state index in [0.717, 1.165) is 50.7 Å². The summed E-state index contributed by atoms with van der Waals surface area (Å²) in [6.07, 6.45) is 9.44. The molecule has 200 valence electrons. The van der Waals surface area contributed by atoms with Crippen molar-refractivity contribution in [3.63, 3.8) is 0 Å². The number of piperidine rings is 2. The van der Waals surface area contributed by atoms with Crippen LogP contribution in [0.4, 0.5) is 22.0 Å². The zero-order valence-corrected chi connectivity index (χ0v) is 23.1. The Kier molecular flexibility index (Phi) is 8.12. The molecule has 1 aromatic carbocycles. The maximum atomic E-state index is 13.6. The van der Waals surface area contributed by atoms with E-state index in [0.29, 0.717) is 29.4 Å². The third-order valence-electron chi connectivity index (χ3n) is 8.40. The molecule has 1 aliphatic carbocycles. The number of halogens is 1. The first-order chi connectivity index (χ1) is 17.9. The Bertz CT molecular complexity index is 1050. The molecule has 1 saturated carbocycles. The van der Waals surface area contributed by atoms with Crippen molar-refractivity contribution in [3.8, 4) is 0 Å². The van der Waals surface area contributed by atoms with Gasteiger partial charge in [-0.15, -0.1) is 0 Å². The maximum Gasteiger partial charge on any atom is 0.232 e. The van der Waals surface area contributed by atoms with E-state index in [4.69, 9.17) is 22.2 Å². The lowest BCUT2D eigenvalue weighted by atomic mass is 9.79. The molecule has 8 heteroatoms. The molecule has 5 rings (SSSR count). The summed E-state index contributed by atoms with van der Waals surface area (Å²) < 4.78 is 13.6. The van der Waals surface area contributed by atoms with E-state index < -0.39 is 0 Å². The fourth-order valence-electron chi connectivity index (χ4n) is 6.59. The average Bonchev–Trinajstić information content (AvgIpc) is 3.38. The van der Waals surface area contributed by atoms with Crippen LogP contribution in [0.25, 0.3) is 0 Å². The summed E-state index contributed by atoms with van der Waals surface area (Å²) >= 11 is 5.74. The number of rotatable bonds is 6. The molecular weight excluding hydrogens is 483 g/mol. The normalized spacial score (nSPS) is 23.6. The fraction of sp³-hybridized carbons (Fsp3) is 0.621. The van der Waals surface area contributed by atoms with Gasteiger partial charge < -0.3 is 20.4 Å². The monoisotopic (exact) mass is 524 g/mol. The van der Waals surface area contributed by atoms with E-state index in [1.807, 2.05) is 12.1 Å². The summed E-state index contributed by atoms with van der Waals surface area (Å²) in [5, 5.41) is 7.31. The van der Waals surface area contributed by atoms with Gasteiger partial charge in [-0.1, -0.05) is 38.8 Å². The van der Waals surface area contributed by atoms with Crippen LogP contribution in [0.2, 0.25) is 0 Å². The van der Waals surface area contributed by atoms with Gasteiger partial charge in [-0.05, 0) is 80.3 Å². The van der Waals surface area contributed by atoms with E-state index in [1.54, 1.807) is 12.1 Å². The zero-order chi connectivity index (χ0) is 25.8. The lowest BCUT2D eigenvalue weighted by Crippen LogP contribution is -2.41. The highest BCUT2D eigenvalue weighted by Crippen LogP contribution is 2.40. The number of hydrogen-bond acceptors (Lipinski definition) is 5. The minimum absolute atomic E-state index is 0.0266. The van der Waals surface area contributed by atoms with Crippen molar-refractivity contribution in [1.82, 2.24) is 15.3 Å². The summed E-state index contributed by atoms with van der Waals surface area (Å²) in [4.78, 5) is 14.6. The first-order valence-electron chi connectivity index (χ1n) is 14.1. The number of aromatic nitrogens is 2. The molecule has 2 N–H and O–H groups in total. The van der Waals surface area contributed by atoms with E-state index >= 15 is 0 Å². The van der Waals surface area contributed by atoms with E-state index in [2.05, 4.69) is 40.3 Å². The Hall–Kier alpha value is -2.48. The van der Waals surface area contributed by atoms with E-state index in [1.165, 1.54) is 44.1 Å². The topological polar surface area (TPSA) is 56.3 Å². The van der Waals surface area contributed by atoms with Crippen LogP contribution in [0, 0.1) is 17.7 Å². The standard InChI is InChI=1S/C29H41FN6S/c1-21-16-22(2)19-36(18-21)26-17-25(35-14-6-3-7-15-35)32-27(33-26)34-28(37)31-20-29(12-4-5-13-29)23-8-10-24(30)11-9-23/h8-11,17,21-22H,3-7,12-16,18-20H2,1-2H3,(H2,31,32,33,34,37)/t21-,22-/m1/s1. The van der Waals surface area contributed by atoms with Gasteiger partial charge >= 0.3 is 0 Å². The largest absolute Gasteiger partial charge is 0.361 e. The molecule has 1 aromatic heterocycles. The molecule has 2 aromatic rings. The lowest BCUT2D eigenvalue weighted by Gasteiger charge is -2.36. The molecule has 37 heavy (non-hydrogen) atoms. The van der Waals surface area contributed by atoms with Gasteiger partial charge in [0, 0.05) is 44.2 Å². The summed E-state index contributed by atoms with van der Waals surface area (Å²) in [7, 11) is 0. The van der Waals surface area contributed by atoms with Gasteiger partial charge in [-0.25, -0.2) is 4.39 Å². The summed E-state index contributed by atoms with van der Waals surface area (Å²) in [5.74, 6) is 3.62. The fourth-order valence-corrected chi connectivity index (χ4v) is 6.76. The number of nitrogens with one attached hydrogen (secondary N) is 2. The predicted molar refractivity (Wildman–Crippen MR) is 154 cm³/mol. The van der Waals surface area contributed by atoms with Crippen LogP contribution in [0.5, 0.6) is 0 Å². The van der Waals surface area contributed by atoms with Gasteiger partial charge in [0.05, 0.1) is 0 Å². The lowest BCUT2D eigenvalue weighted by molar-refractivity contribution is 0.355. The number of anilines is 3. The maximum absolute atomic E-state index is 13.6. The van der Waals surface area contributed by atoms with Gasteiger partial charge in [-0.3, -0.25) is 0 Å². The number of nitrogens with zero attached hydrogens (tertiary/aromatic N) is 4. The highest BCUT2D eigenvalue weighted by atomic mass is 32.1. The second-order valence-corrected chi connectivity index (χ2v) is 12.0. The predicted octanol–water partition coefficient (Wildman–Crippen LogP) is 5.89. The second kappa shape index (κ2) is 11.5. The molecule has 6 nitrogen and oxygen atoms in total. The van der Waals surface area contributed by atoms with Crippen molar-refractivity contribution < 1.29 is 4.39 Å². The van der Waals surface area contributed by atoms with Crippen LogP contribution in [-0.4, -0.2) is 47.8 Å². The first kappa shape index (κ1) is 26.1. The van der Waals surface area contributed by atoms with Crippen LogP contribution < -0.4 is 20.4 Å². The van der Waals surface area contributed by atoms with E-state index in [-0.39, 0.29) is 11.2 Å². The Labute approximate surface area is 226 Å².